The van der Waals surface area contributed by atoms with Crippen molar-refractivity contribution >= 4 is 33.2 Å². The van der Waals surface area contributed by atoms with Crippen LogP contribution < -0.4 is 5.32 Å². The molecule has 0 fully saturated rings. The van der Waals surface area contributed by atoms with Crippen molar-refractivity contribution in [1.82, 2.24) is 0 Å². The van der Waals surface area contributed by atoms with Gasteiger partial charge in [0.1, 0.15) is 0 Å². The average Bonchev–Trinajstić information content (AvgIpc) is 2.37. The quantitative estimate of drug-likeness (QED) is 0.757. The minimum atomic E-state index is -1.47. The van der Waals surface area contributed by atoms with Gasteiger partial charge in [0.05, 0.1) is 5.69 Å². The summed E-state index contributed by atoms with van der Waals surface area (Å²) in [6.45, 7) is 0.146. The van der Waals surface area contributed by atoms with Gasteiger partial charge in [-0.15, -0.1) is 0 Å². The Bertz CT molecular complexity index is 596. The number of hydrogen-bond donors (Lipinski definition) is 1. The molecule has 0 saturated carbocycles. The van der Waals surface area contributed by atoms with Crippen LogP contribution in [0.2, 0.25) is 5.02 Å². The second-order valence-corrected chi connectivity index (χ2v) is 5.14. The third-order valence-electron chi connectivity index (χ3n) is 2.45. The molecule has 0 amide bonds. The zero-order valence-electron chi connectivity index (χ0n) is 9.48. The molecular formula is C13H8BrClF3N. The molecule has 2 aromatic rings. The molecule has 2 rings (SSSR count). The topological polar surface area (TPSA) is 12.0 Å². The van der Waals surface area contributed by atoms with Crippen molar-refractivity contribution in [2.45, 2.75) is 6.54 Å². The van der Waals surface area contributed by atoms with E-state index in [1.807, 2.05) is 0 Å². The van der Waals surface area contributed by atoms with E-state index in [9.17, 15) is 13.2 Å². The van der Waals surface area contributed by atoms with Crippen molar-refractivity contribution in [3.05, 3.63) is 62.8 Å². The van der Waals surface area contributed by atoms with Crippen molar-refractivity contribution < 1.29 is 13.2 Å². The highest BCUT2D eigenvalue weighted by atomic mass is 79.9. The molecule has 0 aliphatic rings. The van der Waals surface area contributed by atoms with E-state index in [4.69, 9.17) is 11.6 Å². The van der Waals surface area contributed by atoms with Gasteiger partial charge in [-0.05, 0) is 51.8 Å². The fourth-order valence-electron chi connectivity index (χ4n) is 1.54. The summed E-state index contributed by atoms with van der Waals surface area (Å²) in [7, 11) is 0. The average molecular weight is 351 g/mol. The molecule has 100 valence electrons. The number of halogens is 5. The van der Waals surface area contributed by atoms with Crippen LogP contribution in [0.3, 0.4) is 0 Å². The van der Waals surface area contributed by atoms with Crippen LogP contribution in [0.1, 0.15) is 5.56 Å². The number of anilines is 1. The van der Waals surface area contributed by atoms with Crippen LogP contribution >= 0.6 is 27.5 Å². The second-order valence-electron chi connectivity index (χ2n) is 3.85. The standard InChI is InChI=1S/C13H8BrClF3N/c14-9-2-1-8(15)5-12(9)19-6-7-3-10(16)13(18)11(17)4-7/h1-5,19H,6H2. The third kappa shape index (κ3) is 3.42. The lowest BCUT2D eigenvalue weighted by Gasteiger charge is -2.09. The highest BCUT2D eigenvalue weighted by Gasteiger charge is 2.10. The molecule has 0 bridgehead atoms. The molecule has 0 atom stereocenters. The molecular weight excluding hydrogens is 343 g/mol. The molecule has 0 aromatic heterocycles. The Kier molecular flexibility index (Phi) is 4.37. The van der Waals surface area contributed by atoms with Crippen molar-refractivity contribution in [2.24, 2.45) is 0 Å². The molecule has 0 radical (unpaired) electrons. The molecule has 1 N–H and O–H groups in total. The van der Waals surface area contributed by atoms with Crippen LogP contribution in [0.25, 0.3) is 0 Å². The van der Waals surface area contributed by atoms with Gasteiger partial charge in [0.15, 0.2) is 17.5 Å². The Morgan fingerprint density at radius 2 is 1.68 bits per heavy atom. The fraction of sp³-hybridized carbons (Fsp3) is 0.0769. The van der Waals surface area contributed by atoms with E-state index < -0.39 is 17.5 Å². The van der Waals surface area contributed by atoms with Crippen LogP contribution in [-0.2, 0) is 6.54 Å². The Balaban J connectivity index is 2.17. The van der Waals surface area contributed by atoms with Crippen LogP contribution in [0.4, 0.5) is 18.9 Å². The van der Waals surface area contributed by atoms with Crippen molar-refractivity contribution in [2.75, 3.05) is 5.32 Å². The third-order valence-corrected chi connectivity index (χ3v) is 3.38. The predicted octanol–water partition coefficient (Wildman–Crippen LogP) is 5.13. The largest absolute Gasteiger partial charge is 0.380 e. The summed E-state index contributed by atoms with van der Waals surface area (Å²) in [6, 6.07) is 7.01. The lowest BCUT2D eigenvalue weighted by Crippen LogP contribution is -2.02. The summed E-state index contributed by atoms with van der Waals surface area (Å²) >= 11 is 9.15. The fourth-order valence-corrected chi connectivity index (χ4v) is 2.10. The molecule has 0 aliphatic heterocycles. The van der Waals surface area contributed by atoms with Gasteiger partial charge in [0.2, 0.25) is 0 Å². The summed E-state index contributed by atoms with van der Waals surface area (Å²) in [5, 5.41) is 3.49. The van der Waals surface area contributed by atoms with Gasteiger partial charge < -0.3 is 5.32 Å². The zero-order valence-corrected chi connectivity index (χ0v) is 11.8. The van der Waals surface area contributed by atoms with Crippen LogP contribution in [0, 0.1) is 17.5 Å². The normalized spacial score (nSPS) is 10.6. The van der Waals surface area contributed by atoms with Gasteiger partial charge >= 0.3 is 0 Å². The molecule has 0 saturated heterocycles. The maximum atomic E-state index is 13.0. The highest BCUT2D eigenvalue weighted by Crippen LogP contribution is 2.26. The summed E-state index contributed by atoms with van der Waals surface area (Å²) in [4.78, 5) is 0. The SMILES string of the molecule is Fc1cc(CNc2cc(Cl)ccc2Br)cc(F)c1F. The maximum absolute atomic E-state index is 13.0. The first-order valence-electron chi connectivity index (χ1n) is 5.29. The Morgan fingerprint density at radius 3 is 2.32 bits per heavy atom. The first-order valence-corrected chi connectivity index (χ1v) is 6.47. The minimum absolute atomic E-state index is 0.146. The molecule has 6 heteroatoms. The van der Waals surface area contributed by atoms with Gasteiger partial charge in [-0.3, -0.25) is 0 Å². The molecule has 0 unspecified atom stereocenters. The van der Waals surface area contributed by atoms with Crippen molar-refractivity contribution in [3.63, 3.8) is 0 Å². The lowest BCUT2D eigenvalue weighted by molar-refractivity contribution is 0.445. The second kappa shape index (κ2) is 5.84. The molecule has 0 spiro atoms. The number of hydrogen-bond acceptors (Lipinski definition) is 1. The van der Waals surface area contributed by atoms with Crippen molar-refractivity contribution in [3.8, 4) is 0 Å². The molecule has 0 heterocycles. The lowest BCUT2D eigenvalue weighted by atomic mass is 10.2. The Hall–Kier alpha value is -1.20. The van der Waals surface area contributed by atoms with E-state index in [1.165, 1.54) is 0 Å². The van der Waals surface area contributed by atoms with Crippen LogP contribution in [0.15, 0.2) is 34.8 Å². The van der Waals surface area contributed by atoms with Crippen LogP contribution in [-0.4, -0.2) is 0 Å². The predicted molar refractivity (Wildman–Crippen MR) is 72.8 cm³/mol. The van der Waals surface area contributed by atoms with E-state index in [0.717, 1.165) is 16.6 Å². The number of rotatable bonds is 3. The van der Waals surface area contributed by atoms with Gasteiger partial charge in [-0.2, -0.15) is 0 Å². The molecule has 2 aromatic carbocycles. The number of nitrogens with one attached hydrogen (secondary N) is 1. The smallest absolute Gasteiger partial charge is 0.194 e. The number of benzene rings is 2. The summed E-state index contributed by atoms with van der Waals surface area (Å²) in [5.74, 6) is -3.88. The summed E-state index contributed by atoms with van der Waals surface area (Å²) in [5.41, 5.74) is 0.973. The molecule has 19 heavy (non-hydrogen) atoms. The van der Waals surface area contributed by atoms with E-state index in [0.29, 0.717) is 16.3 Å². The molecule has 0 aliphatic carbocycles. The van der Waals surface area contributed by atoms with E-state index in [-0.39, 0.29) is 6.54 Å². The van der Waals surface area contributed by atoms with Gasteiger partial charge in [0, 0.05) is 16.0 Å². The summed E-state index contributed by atoms with van der Waals surface area (Å²) < 4.78 is 39.6. The molecule has 1 nitrogen and oxygen atoms in total. The van der Waals surface area contributed by atoms with Gasteiger partial charge in [-0.25, -0.2) is 13.2 Å². The van der Waals surface area contributed by atoms with Gasteiger partial charge in [-0.1, -0.05) is 11.6 Å². The Labute approximate surface area is 121 Å². The Morgan fingerprint density at radius 1 is 1.05 bits per heavy atom. The van der Waals surface area contributed by atoms with Gasteiger partial charge in [0.25, 0.3) is 0 Å². The highest BCUT2D eigenvalue weighted by molar-refractivity contribution is 9.10. The summed E-state index contributed by atoms with van der Waals surface area (Å²) in [6.07, 6.45) is 0. The van der Waals surface area contributed by atoms with E-state index in [2.05, 4.69) is 21.2 Å². The zero-order chi connectivity index (χ0) is 14.0. The minimum Gasteiger partial charge on any atom is -0.380 e. The van der Waals surface area contributed by atoms with Crippen molar-refractivity contribution in [1.29, 1.82) is 0 Å². The monoisotopic (exact) mass is 349 g/mol. The van der Waals surface area contributed by atoms with E-state index in [1.54, 1.807) is 18.2 Å². The maximum Gasteiger partial charge on any atom is 0.194 e. The van der Waals surface area contributed by atoms with Crippen LogP contribution in [0.5, 0.6) is 0 Å². The van der Waals surface area contributed by atoms with E-state index >= 15 is 0 Å². The first kappa shape index (κ1) is 14.2. The first-order chi connectivity index (χ1) is 8.97.